The van der Waals surface area contributed by atoms with E-state index >= 15 is 0 Å². The zero-order valence-corrected chi connectivity index (χ0v) is 35.7. The van der Waals surface area contributed by atoms with Gasteiger partial charge in [0, 0.05) is 59.3 Å². The summed E-state index contributed by atoms with van der Waals surface area (Å²) in [5.74, 6) is -1.57. The van der Waals surface area contributed by atoms with Crippen LogP contribution in [0.4, 0.5) is 0 Å². The molecule has 1 aromatic carbocycles. The molecule has 3 N–H and O–H groups in total. The van der Waals surface area contributed by atoms with Crippen LogP contribution < -0.4 is 11.1 Å². The smallest absolute Gasteiger partial charge is 0.226 e. The number of likely N-dealkylation sites (N-methyl/N-ethyl adjacent to an activating group) is 2. The Bertz CT molecular complexity index is 1320. The third kappa shape index (κ3) is 12.0. The lowest BCUT2D eigenvalue weighted by molar-refractivity contribution is -0.149. The van der Waals surface area contributed by atoms with Gasteiger partial charge in [0.25, 0.3) is 0 Å². The molecule has 1 unspecified atom stereocenters. The van der Waals surface area contributed by atoms with E-state index in [1.165, 1.54) is 0 Å². The van der Waals surface area contributed by atoms with Crippen LogP contribution in [0.2, 0.25) is 0 Å². The molecule has 12 heteroatoms. The molecule has 0 aliphatic carbocycles. The van der Waals surface area contributed by atoms with E-state index in [1.807, 2.05) is 90.9 Å². The molecule has 11 atom stereocenters. The molecular weight excluding hydrogens is 686 g/mol. The number of hydrogen-bond donors (Lipinski definition) is 2. The second-order valence-electron chi connectivity index (χ2n) is 16.4. The van der Waals surface area contributed by atoms with Gasteiger partial charge in [-0.2, -0.15) is 0 Å². The molecule has 1 aliphatic rings. The quantitative estimate of drug-likeness (QED) is 0.174. The van der Waals surface area contributed by atoms with Crippen molar-refractivity contribution in [2.75, 3.05) is 49.0 Å². The van der Waals surface area contributed by atoms with Crippen LogP contribution in [0.25, 0.3) is 0 Å². The van der Waals surface area contributed by atoms with E-state index in [1.54, 1.807) is 38.2 Å². The average Bonchev–Trinajstić information content (AvgIpc) is 3.57. The van der Waals surface area contributed by atoms with Crippen molar-refractivity contribution in [1.82, 2.24) is 20.0 Å². The maximum atomic E-state index is 14.4. The molecule has 54 heavy (non-hydrogen) atoms. The SMILES string of the molecule is CC[C@H](C)[C@@H]([C@@H](CC(=O)N1C[C@H](OC)C[C@H]1[C@H](OC)[C@@H](C)C(=O)N[C@@H](C)C(N)c1ccccc1)OC)N(C)C(=O)[C@@H](CC(=O)[C@H](C(C)C)N(C)C)C(C)C. The highest BCUT2D eigenvalue weighted by molar-refractivity contribution is 5.90. The first kappa shape index (κ1) is 47.3. The van der Waals surface area contributed by atoms with Gasteiger partial charge in [0.15, 0.2) is 5.78 Å². The Balaban J connectivity index is 2.33. The third-order valence-corrected chi connectivity index (χ3v) is 11.8. The summed E-state index contributed by atoms with van der Waals surface area (Å²) in [6.45, 7) is 16.1. The molecule has 1 saturated heterocycles. The van der Waals surface area contributed by atoms with Gasteiger partial charge in [-0.25, -0.2) is 0 Å². The molecule has 1 fully saturated rings. The van der Waals surface area contributed by atoms with Crippen LogP contribution >= 0.6 is 0 Å². The van der Waals surface area contributed by atoms with Crippen LogP contribution in [0.3, 0.4) is 0 Å². The number of ether oxygens (including phenoxy) is 3. The Morgan fingerprint density at radius 2 is 1.52 bits per heavy atom. The van der Waals surface area contributed by atoms with Crippen molar-refractivity contribution < 1.29 is 33.4 Å². The molecule has 3 amide bonds. The molecule has 0 radical (unpaired) electrons. The van der Waals surface area contributed by atoms with E-state index in [9.17, 15) is 19.2 Å². The van der Waals surface area contributed by atoms with Crippen molar-refractivity contribution in [2.45, 2.75) is 130 Å². The molecule has 1 heterocycles. The fourth-order valence-electron chi connectivity index (χ4n) is 8.33. The number of amides is 3. The summed E-state index contributed by atoms with van der Waals surface area (Å²) in [5, 5.41) is 3.07. The molecule has 0 bridgehead atoms. The summed E-state index contributed by atoms with van der Waals surface area (Å²) in [6, 6.07) is 7.73. The predicted octanol–water partition coefficient (Wildman–Crippen LogP) is 4.55. The number of carbonyl (C=O) groups is 4. The molecule has 1 aromatic rings. The Hall–Kier alpha value is -2.90. The lowest BCUT2D eigenvalue weighted by Gasteiger charge is -2.41. The third-order valence-electron chi connectivity index (χ3n) is 11.8. The summed E-state index contributed by atoms with van der Waals surface area (Å²) in [5.41, 5.74) is 7.41. The van der Waals surface area contributed by atoms with E-state index < -0.39 is 42.2 Å². The van der Waals surface area contributed by atoms with Crippen molar-refractivity contribution in [2.24, 2.45) is 35.3 Å². The average molecular weight is 760 g/mol. The number of ketones is 1. The lowest BCUT2D eigenvalue weighted by atomic mass is 9.83. The molecule has 0 spiro atoms. The zero-order chi connectivity index (χ0) is 41.0. The normalized spacial score (nSPS) is 21.3. The van der Waals surface area contributed by atoms with Crippen LogP contribution in [0.15, 0.2) is 30.3 Å². The highest BCUT2D eigenvalue weighted by Crippen LogP contribution is 2.32. The molecule has 0 aromatic heterocycles. The van der Waals surface area contributed by atoms with Gasteiger partial charge in [-0.3, -0.25) is 24.1 Å². The maximum absolute atomic E-state index is 14.4. The Morgan fingerprint density at radius 3 is 2.00 bits per heavy atom. The molecule has 308 valence electrons. The Labute approximate surface area is 326 Å². The number of rotatable bonds is 22. The van der Waals surface area contributed by atoms with Crippen LogP contribution in [0.1, 0.15) is 92.7 Å². The lowest BCUT2D eigenvalue weighted by Crippen LogP contribution is -2.55. The number of carbonyl (C=O) groups excluding carboxylic acids is 4. The van der Waals surface area contributed by atoms with Crippen molar-refractivity contribution >= 4 is 23.5 Å². The van der Waals surface area contributed by atoms with E-state index in [4.69, 9.17) is 19.9 Å². The van der Waals surface area contributed by atoms with Crippen LogP contribution in [0, 0.1) is 29.6 Å². The highest BCUT2D eigenvalue weighted by atomic mass is 16.5. The molecule has 1 aliphatic heterocycles. The second-order valence-corrected chi connectivity index (χ2v) is 16.4. The van der Waals surface area contributed by atoms with Gasteiger partial charge in [-0.05, 0) is 50.8 Å². The van der Waals surface area contributed by atoms with Crippen molar-refractivity contribution in [1.29, 1.82) is 0 Å². The predicted molar refractivity (Wildman–Crippen MR) is 214 cm³/mol. The number of nitrogens with zero attached hydrogens (tertiary/aromatic N) is 3. The van der Waals surface area contributed by atoms with Crippen molar-refractivity contribution in [3.8, 4) is 0 Å². The maximum Gasteiger partial charge on any atom is 0.226 e. The Kier molecular flexibility index (Phi) is 19.2. The largest absolute Gasteiger partial charge is 0.380 e. The molecule has 0 saturated carbocycles. The highest BCUT2D eigenvalue weighted by Gasteiger charge is 2.46. The summed E-state index contributed by atoms with van der Waals surface area (Å²) in [6.07, 6.45) is -0.0886. The number of hydrogen-bond acceptors (Lipinski definition) is 9. The van der Waals surface area contributed by atoms with Gasteiger partial charge in [-0.1, -0.05) is 85.2 Å². The number of methoxy groups -OCH3 is 3. The minimum absolute atomic E-state index is 0.00816. The fourth-order valence-corrected chi connectivity index (χ4v) is 8.33. The number of nitrogens with two attached hydrogens (primary N) is 1. The number of Topliss-reactive ketones (excluding diaryl/α,β-unsaturated/α-hetero) is 1. The standard InChI is InChI=1S/C42H73N5O7/c1-15-27(6)39(46(11)42(51)32(25(2)3)22-34(48)38(26(4)5)45(9)10)35(53-13)23-36(49)47-24-31(52-12)21-33(47)40(54-14)28(7)41(50)44-29(8)37(43)30-19-17-16-18-20-30/h16-20,25-29,31-33,35,37-40H,15,21-24,43H2,1-14H3,(H,44,50)/t27-,28+,29-,31+,32-,33-,35+,37?,38-,39-,40+/m0/s1. The number of likely N-dealkylation sites (tertiary alicyclic amines) is 1. The summed E-state index contributed by atoms with van der Waals surface area (Å²) < 4.78 is 17.8. The fraction of sp³-hybridized carbons (Fsp3) is 0.762. The van der Waals surface area contributed by atoms with Crippen LogP contribution in [-0.2, 0) is 33.4 Å². The van der Waals surface area contributed by atoms with E-state index in [0.717, 1.165) is 12.0 Å². The summed E-state index contributed by atoms with van der Waals surface area (Å²) in [7, 11) is 10.3. The number of benzene rings is 1. The van der Waals surface area contributed by atoms with Gasteiger partial charge in [-0.15, -0.1) is 0 Å². The zero-order valence-electron chi connectivity index (χ0n) is 35.7. The van der Waals surface area contributed by atoms with Crippen LogP contribution in [-0.4, -0.2) is 130 Å². The first-order valence-electron chi connectivity index (χ1n) is 19.8. The van der Waals surface area contributed by atoms with E-state index in [-0.39, 0.29) is 72.3 Å². The first-order valence-corrected chi connectivity index (χ1v) is 19.8. The van der Waals surface area contributed by atoms with Gasteiger partial charge in [0.1, 0.15) is 0 Å². The summed E-state index contributed by atoms with van der Waals surface area (Å²) in [4.78, 5) is 61.3. The molecule has 12 nitrogen and oxygen atoms in total. The van der Waals surface area contributed by atoms with Gasteiger partial charge in [0.05, 0.1) is 48.8 Å². The minimum atomic E-state index is -0.626. The van der Waals surface area contributed by atoms with Gasteiger partial charge < -0.3 is 35.1 Å². The molecular formula is C42H73N5O7. The second kappa shape index (κ2) is 22.0. The topological polar surface area (TPSA) is 144 Å². The van der Waals surface area contributed by atoms with E-state index in [2.05, 4.69) is 19.2 Å². The first-order chi connectivity index (χ1) is 25.4. The Morgan fingerprint density at radius 1 is 0.907 bits per heavy atom. The number of nitrogens with one attached hydrogen (secondary N) is 1. The minimum Gasteiger partial charge on any atom is -0.380 e. The summed E-state index contributed by atoms with van der Waals surface area (Å²) >= 11 is 0. The van der Waals surface area contributed by atoms with E-state index in [0.29, 0.717) is 13.0 Å². The van der Waals surface area contributed by atoms with Gasteiger partial charge >= 0.3 is 0 Å². The molecule has 2 rings (SSSR count). The van der Waals surface area contributed by atoms with Gasteiger partial charge in [0.2, 0.25) is 17.7 Å². The van der Waals surface area contributed by atoms with Crippen LogP contribution in [0.5, 0.6) is 0 Å². The van der Waals surface area contributed by atoms with Crippen molar-refractivity contribution in [3.05, 3.63) is 35.9 Å². The monoisotopic (exact) mass is 760 g/mol. The van der Waals surface area contributed by atoms with Crippen molar-refractivity contribution in [3.63, 3.8) is 0 Å².